The maximum Gasteiger partial charge on any atom is 0.338 e. The molecule has 8 aliphatic rings. The number of Topliss-reactive ketones (excluding diaryl/α,β-unsaturated/α-hetero) is 1. The van der Waals surface area contributed by atoms with E-state index in [-0.39, 0.29) is 45.8 Å². The summed E-state index contributed by atoms with van der Waals surface area (Å²) in [5.74, 6) is -5.26. The predicted octanol–water partition coefficient (Wildman–Crippen LogP) is 8.94. The molecule has 24 heteroatoms. The molecule has 3 N–H and O–H groups in total. The lowest BCUT2D eigenvalue weighted by atomic mass is 9.44. The van der Waals surface area contributed by atoms with Crippen molar-refractivity contribution in [1.82, 2.24) is 10.2 Å². The number of ketones is 1. The molecule has 7 fully saturated rings. The van der Waals surface area contributed by atoms with Crippen molar-refractivity contribution in [3.63, 3.8) is 0 Å². The van der Waals surface area contributed by atoms with Crippen LogP contribution in [0.1, 0.15) is 145 Å². The van der Waals surface area contributed by atoms with Crippen LogP contribution in [0.5, 0.6) is 0 Å². The molecule has 0 aromatic heterocycles. The number of carbonyl (C=O) groups is 8. The third kappa shape index (κ3) is 12.8. The van der Waals surface area contributed by atoms with E-state index >= 15 is 4.79 Å². The molecular weight excluding hydrogens is 1200 g/mol. The van der Waals surface area contributed by atoms with E-state index in [1.807, 2.05) is 0 Å². The van der Waals surface area contributed by atoms with Crippen molar-refractivity contribution in [2.24, 2.45) is 49.6 Å². The second kappa shape index (κ2) is 26.4. The molecule has 484 valence electrons. The molecule has 1 saturated heterocycles. The first-order valence-corrected chi connectivity index (χ1v) is 31.9. The molecule has 1 unspecified atom stereocenters. The fourth-order valence-electron chi connectivity index (χ4n) is 15.9. The van der Waals surface area contributed by atoms with Gasteiger partial charge in [-0.05, 0) is 124 Å². The number of ether oxygens (including phenoxy) is 6. The minimum atomic E-state index is -2.50. The van der Waals surface area contributed by atoms with Crippen LogP contribution < -0.4 is 5.32 Å². The summed E-state index contributed by atoms with van der Waals surface area (Å²) in [5, 5.41) is 28.6. The first-order valence-electron chi connectivity index (χ1n) is 30.4. The molecule has 3 aromatic carbocycles. The zero-order valence-corrected chi connectivity index (χ0v) is 53.9. The SMILES string of the molecule is CC(=O)O[C@H]1C(=O)[C@@]2(C)C([C@H](OC(=O)c3ccccc3)[C@]3(O)C[C@H](OC(=O)[C@H](O)[C@@H](NC(=O)c4ccccc4)c4ccccc4)C(C)=C1C3(C)C)[C@]1(OC(C)=O)CO[C@@H]1C[C@@H]2OC(=O)CC(C)(C)SN=O.CN(C)C(=O)CC1(SN=O)C2CC3CC(C2)CC1C3. The van der Waals surface area contributed by atoms with Gasteiger partial charge in [-0.1, -0.05) is 80.6 Å². The Labute approximate surface area is 531 Å². The highest BCUT2D eigenvalue weighted by atomic mass is 32.2. The number of nitroso groups, excluding NO2 is 2. The van der Waals surface area contributed by atoms with Gasteiger partial charge in [-0.25, -0.2) is 9.59 Å². The van der Waals surface area contributed by atoms with Crippen LogP contribution in [0, 0.1) is 50.2 Å². The average molecular weight is 1280 g/mol. The molecule has 90 heavy (non-hydrogen) atoms. The summed E-state index contributed by atoms with van der Waals surface area (Å²) >= 11 is 1.78. The number of benzene rings is 3. The van der Waals surface area contributed by atoms with Gasteiger partial charge in [0.05, 0.1) is 40.7 Å². The van der Waals surface area contributed by atoms with Gasteiger partial charge >= 0.3 is 29.8 Å². The van der Waals surface area contributed by atoms with E-state index in [1.165, 1.54) is 83.9 Å². The normalized spacial score (nSPS) is 32.3. The van der Waals surface area contributed by atoms with Crippen LogP contribution in [0.3, 0.4) is 0 Å². The highest BCUT2D eigenvalue weighted by Gasteiger charge is 2.79. The van der Waals surface area contributed by atoms with E-state index in [0.29, 0.717) is 35.8 Å². The van der Waals surface area contributed by atoms with E-state index in [4.69, 9.17) is 28.4 Å². The quantitative estimate of drug-likeness (QED) is 0.0331. The zero-order valence-electron chi connectivity index (χ0n) is 52.2. The van der Waals surface area contributed by atoms with Crippen molar-refractivity contribution in [2.75, 3.05) is 20.7 Å². The number of amides is 2. The van der Waals surface area contributed by atoms with E-state index in [1.54, 1.807) is 112 Å². The van der Waals surface area contributed by atoms with Crippen LogP contribution in [0.4, 0.5) is 0 Å². The van der Waals surface area contributed by atoms with E-state index in [0.717, 1.165) is 25.7 Å². The number of rotatable bonds is 19. The maximum absolute atomic E-state index is 16.2. The number of hydrogen-bond donors (Lipinski definition) is 3. The Balaban J connectivity index is 0.000000426. The molecule has 0 radical (unpaired) electrons. The number of hydrogen-bond acceptors (Lipinski definition) is 22. The molecule has 6 bridgehead atoms. The summed E-state index contributed by atoms with van der Waals surface area (Å²) in [7, 11) is 3.59. The molecule has 11 rings (SSSR count). The third-order valence-electron chi connectivity index (χ3n) is 20.2. The Morgan fingerprint density at radius 2 is 1.36 bits per heavy atom. The Morgan fingerprint density at radius 3 is 1.88 bits per heavy atom. The second-order valence-corrected chi connectivity index (χ2v) is 29.3. The van der Waals surface area contributed by atoms with Gasteiger partial charge in [-0.15, -0.1) is 9.81 Å². The van der Waals surface area contributed by atoms with Gasteiger partial charge in [-0.3, -0.25) is 28.8 Å². The minimum absolute atomic E-state index is 0.0189. The maximum atomic E-state index is 16.2. The summed E-state index contributed by atoms with van der Waals surface area (Å²) in [6, 6.07) is 22.6. The third-order valence-corrected chi connectivity index (χ3v) is 22.2. The first kappa shape index (κ1) is 67.5. The fourth-order valence-corrected chi connectivity index (χ4v) is 17.3. The molecule has 11 atom stereocenters. The van der Waals surface area contributed by atoms with Gasteiger partial charge in [0.1, 0.15) is 30.0 Å². The van der Waals surface area contributed by atoms with Crippen LogP contribution in [0.25, 0.3) is 0 Å². The van der Waals surface area contributed by atoms with Gasteiger partial charge in [0.15, 0.2) is 23.6 Å². The van der Waals surface area contributed by atoms with Crippen molar-refractivity contribution >= 4 is 71.3 Å². The largest absolute Gasteiger partial charge is 0.461 e. The average Bonchev–Trinajstić information content (AvgIpc) is 0.672. The van der Waals surface area contributed by atoms with Gasteiger partial charge in [0.2, 0.25) is 5.91 Å². The first-order chi connectivity index (χ1) is 42.5. The van der Waals surface area contributed by atoms with Gasteiger partial charge in [0, 0.05) is 96.0 Å². The molecule has 3 aromatic rings. The number of aliphatic hydroxyl groups excluding tert-OH is 1. The van der Waals surface area contributed by atoms with E-state index in [9.17, 15) is 53.6 Å². The zero-order chi connectivity index (χ0) is 65.5. The van der Waals surface area contributed by atoms with Crippen LogP contribution in [-0.2, 0) is 57.2 Å². The summed E-state index contributed by atoms with van der Waals surface area (Å²) < 4.78 is 41.9. The lowest BCUT2D eigenvalue weighted by Gasteiger charge is -2.67. The summed E-state index contributed by atoms with van der Waals surface area (Å²) in [5.41, 5.74) is -7.69. The monoisotopic (exact) mass is 1280 g/mol. The predicted molar refractivity (Wildman–Crippen MR) is 330 cm³/mol. The molecule has 7 aliphatic carbocycles. The fraction of sp³-hybridized carbons (Fsp3) is 0.576. The highest BCUT2D eigenvalue weighted by Crippen LogP contribution is 2.66. The molecule has 1 aliphatic heterocycles. The number of esters is 5. The Kier molecular flexibility index (Phi) is 19.8. The molecule has 6 saturated carbocycles. The lowest BCUT2D eigenvalue weighted by Crippen LogP contribution is -2.82. The second-order valence-electron chi connectivity index (χ2n) is 26.8. The van der Waals surface area contributed by atoms with Crippen molar-refractivity contribution < 1.29 is 77.0 Å². The molecule has 1 heterocycles. The Morgan fingerprint density at radius 1 is 0.778 bits per heavy atom. The highest BCUT2D eigenvalue weighted by molar-refractivity contribution is 7.99. The molecule has 2 amide bonds. The van der Waals surface area contributed by atoms with Gasteiger partial charge < -0.3 is 48.9 Å². The van der Waals surface area contributed by atoms with Crippen molar-refractivity contribution in [3.8, 4) is 0 Å². The number of aliphatic hydroxyl groups is 2. The van der Waals surface area contributed by atoms with Gasteiger partial charge in [-0.2, -0.15) is 0 Å². The number of nitrogens with zero attached hydrogens (tertiary/aromatic N) is 3. The summed E-state index contributed by atoms with van der Waals surface area (Å²) in [4.78, 5) is 136. The van der Waals surface area contributed by atoms with E-state index < -0.39 is 130 Å². The number of fused-ring (bicyclic) bond motifs is 5. The smallest absolute Gasteiger partial charge is 0.338 e. The number of carbonyl (C=O) groups excluding carboxylic acids is 8. The topological polar surface area (TPSA) is 307 Å². The standard InChI is InChI=1S/C52H58N2O16S.C14H22N2O2S/c1-28-34(67-47(62)40(58)39(31-18-12-9-13-19-31)53-45(60)32-20-14-10-15-21-32)25-52(63)44(69-46(61)33-22-16-11-17-23-33)42-50(8,43(59)41(66-29(2)55)38(28)49(52,6)7)35(68-37(57)26-48(4,5)71-54-64)24-36-51(42,27-65-36)70-30(3)56;1-16(2)13(17)8-14(19-15-18)11-4-9-3-10(6-11)7-12(14)5-9/h9-23,34-36,39-42,44,58,63H,24-27H2,1-8H3,(H,53,60);9-12H,3-8H2,1-2H3/t34-,35-,36+,39-,40+,41+,42?,44-,50+,51-,52+;/m0./s1. The van der Waals surface area contributed by atoms with E-state index in [2.05, 4.69) is 14.5 Å². The minimum Gasteiger partial charge on any atom is -0.461 e. The summed E-state index contributed by atoms with van der Waals surface area (Å²) in [6.45, 7) is 10.9. The lowest BCUT2D eigenvalue weighted by molar-refractivity contribution is -0.346. The summed E-state index contributed by atoms with van der Waals surface area (Å²) in [6.07, 6.45) is -4.76. The molecule has 0 spiro atoms. The van der Waals surface area contributed by atoms with Crippen LogP contribution in [-0.4, -0.2) is 141 Å². The van der Waals surface area contributed by atoms with Crippen molar-refractivity contribution in [2.45, 2.75) is 177 Å². The molecule has 22 nitrogen and oxygen atoms in total. The Bertz CT molecular complexity index is 3260. The van der Waals surface area contributed by atoms with Gasteiger partial charge in [0.25, 0.3) is 5.91 Å². The van der Waals surface area contributed by atoms with Crippen LogP contribution >= 0.6 is 23.9 Å². The van der Waals surface area contributed by atoms with Crippen molar-refractivity contribution in [3.05, 3.63) is 129 Å². The van der Waals surface area contributed by atoms with Crippen molar-refractivity contribution in [1.29, 1.82) is 0 Å². The molecular formula is C66H80N4O18S2. The van der Waals surface area contributed by atoms with Crippen LogP contribution in [0.2, 0.25) is 0 Å². The van der Waals surface area contributed by atoms with Crippen LogP contribution in [0.15, 0.2) is 111 Å². The Hall–Kier alpha value is -6.86. The number of nitrogens with one attached hydrogen (secondary N) is 1.